The second-order valence-corrected chi connectivity index (χ2v) is 5.37. The minimum absolute atomic E-state index is 0.120. The molecule has 4 heteroatoms. The van der Waals surface area contributed by atoms with E-state index < -0.39 is 6.04 Å². The third-order valence-electron chi connectivity index (χ3n) is 3.09. The highest BCUT2D eigenvalue weighted by atomic mass is 19.1. The molecular formula is C13H17FN2O. The number of nitrogens with two attached hydrogens (primary N) is 1. The monoisotopic (exact) mass is 236 g/mol. The molecule has 1 saturated heterocycles. The van der Waals surface area contributed by atoms with Crippen LogP contribution in [-0.4, -0.2) is 22.4 Å². The average molecular weight is 236 g/mol. The Balaban J connectivity index is 2.39. The lowest BCUT2D eigenvalue weighted by atomic mass is 9.84. The second-order valence-electron chi connectivity index (χ2n) is 5.37. The summed E-state index contributed by atoms with van der Waals surface area (Å²) >= 11 is 0. The van der Waals surface area contributed by atoms with Gasteiger partial charge in [-0.1, -0.05) is 18.2 Å². The molecule has 0 saturated carbocycles. The molecule has 2 N–H and O–H groups in total. The molecule has 1 fully saturated rings. The van der Waals surface area contributed by atoms with Gasteiger partial charge >= 0.3 is 0 Å². The molecule has 0 spiro atoms. The first kappa shape index (κ1) is 12.0. The molecule has 1 heterocycles. The summed E-state index contributed by atoms with van der Waals surface area (Å²) in [6, 6.07) is 5.48. The van der Waals surface area contributed by atoms with Crippen LogP contribution in [0.2, 0.25) is 0 Å². The normalized spacial score (nSPS) is 24.8. The minimum Gasteiger partial charge on any atom is -0.327 e. The van der Waals surface area contributed by atoms with E-state index in [9.17, 15) is 9.18 Å². The van der Waals surface area contributed by atoms with Gasteiger partial charge in [-0.05, 0) is 26.8 Å². The first-order valence-electron chi connectivity index (χ1n) is 5.67. The Morgan fingerprint density at radius 2 is 1.88 bits per heavy atom. The van der Waals surface area contributed by atoms with Crippen LogP contribution in [-0.2, 0) is 4.79 Å². The summed E-state index contributed by atoms with van der Waals surface area (Å²) in [5.74, 6) is -0.430. The lowest BCUT2D eigenvalue weighted by Crippen LogP contribution is -2.68. The van der Waals surface area contributed by atoms with Crippen LogP contribution in [0.25, 0.3) is 0 Å². The Morgan fingerprint density at radius 1 is 1.29 bits per heavy atom. The number of carbonyl (C=O) groups excluding carboxylic acids is 1. The molecule has 17 heavy (non-hydrogen) atoms. The minimum atomic E-state index is -0.633. The number of hydrogen-bond acceptors (Lipinski definition) is 2. The van der Waals surface area contributed by atoms with E-state index in [2.05, 4.69) is 0 Å². The van der Waals surface area contributed by atoms with Gasteiger partial charge in [0.05, 0.1) is 6.04 Å². The summed E-state index contributed by atoms with van der Waals surface area (Å²) in [6.45, 7) is 5.76. The number of halogens is 1. The van der Waals surface area contributed by atoms with Crippen molar-refractivity contribution in [3.63, 3.8) is 0 Å². The fraction of sp³-hybridized carbons (Fsp3) is 0.462. The topological polar surface area (TPSA) is 46.3 Å². The van der Waals surface area contributed by atoms with Gasteiger partial charge < -0.3 is 10.6 Å². The molecule has 92 valence electrons. The second kappa shape index (κ2) is 3.81. The highest BCUT2D eigenvalue weighted by Gasteiger charge is 2.51. The van der Waals surface area contributed by atoms with Gasteiger partial charge in [0.2, 0.25) is 5.91 Å². The molecule has 0 aliphatic carbocycles. The van der Waals surface area contributed by atoms with E-state index in [0.29, 0.717) is 5.56 Å². The number of β-lactam (4-membered cyclic amide) rings is 1. The number of amides is 1. The van der Waals surface area contributed by atoms with Crippen LogP contribution in [0.5, 0.6) is 0 Å². The van der Waals surface area contributed by atoms with Crippen LogP contribution >= 0.6 is 0 Å². The van der Waals surface area contributed by atoms with Gasteiger partial charge in [0.15, 0.2) is 0 Å². The van der Waals surface area contributed by atoms with Gasteiger partial charge in [0, 0.05) is 11.1 Å². The molecule has 0 unspecified atom stereocenters. The van der Waals surface area contributed by atoms with E-state index in [1.54, 1.807) is 23.1 Å². The van der Waals surface area contributed by atoms with Crippen molar-refractivity contribution in [2.24, 2.45) is 5.73 Å². The van der Waals surface area contributed by atoms with Crippen LogP contribution in [0.4, 0.5) is 4.39 Å². The van der Waals surface area contributed by atoms with Crippen LogP contribution in [0.15, 0.2) is 24.3 Å². The molecule has 1 amide bonds. The summed E-state index contributed by atoms with van der Waals surface area (Å²) in [7, 11) is 0. The van der Waals surface area contributed by atoms with Gasteiger partial charge in [-0.15, -0.1) is 0 Å². The van der Waals surface area contributed by atoms with Gasteiger partial charge in [0.25, 0.3) is 0 Å². The van der Waals surface area contributed by atoms with Crippen molar-refractivity contribution in [1.82, 2.24) is 4.90 Å². The highest BCUT2D eigenvalue weighted by molar-refractivity contribution is 5.90. The van der Waals surface area contributed by atoms with Gasteiger partial charge in [-0.3, -0.25) is 4.79 Å². The Labute approximate surface area is 100 Å². The van der Waals surface area contributed by atoms with Crippen LogP contribution < -0.4 is 5.73 Å². The largest absolute Gasteiger partial charge is 0.327 e. The zero-order valence-electron chi connectivity index (χ0n) is 10.3. The van der Waals surface area contributed by atoms with E-state index in [4.69, 9.17) is 5.73 Å². The Morgan fingerprint density at radius 3 is 2.41 bits per heavy atom. The van der Waals surface area contributed by atoms with Crippen LogP contribution in [0, 0.1) is 5.82 Å². The third kappa shape index (κ3) is 1.82. The molecule has 0 radical (unpaired) electrons. The quantitative estimate of drug-likeness (QED) is 0.756. The van der Waals surface area contributed by atoms with E-state index in [1.165, 1.54) is 6.07 Å². The maximum absolute atomic E-state index is 13.7. The SMILES string of the molecule is CC(C)(C)N1C(=O)[C@H](N)[C@H]1c1ccccc1F. The lowest BCUT2D eigenvalue weighted by molar-refractivity contribution is -0.158. The first-order valence-corrected chi connectivity index (χ1v) is 5.67. The van der Waals surface area contributed by atoms with E-state index >= 15 is 0 Å². The zero-order chi connectivity index (χ0) is 12.8. The smallest absolute Gasteiger partial charge is 0.243 e. The number of nitrogens with zero attached hydrogens (tertiary/aromatic N) is 1. The van der Waals surface area contributed by atoms with Crippen LogP contribution in [0.1, 0.15) is 32.4 Å². The molecule has 2 atom stereocenters. The van der Waals surface area contributed by atoms with Crippen molar-refractivity contribution in [2.45, 2.75) is 38.4 Å². The molecule has 1 aromatic rings. The highest BCUT2D eigenvalue weighted by Crippen LogP contribution is 2.40. The van der Waals surface area contributed by atoms with E-state index in [1.807, 2.05) is 20.8 Å². The van der Waals surface area contributed by atoms with Crippen molar-refractivity contribution in [3.8, 4) is 0 Å². The van der Waals surface area contributed by atoms with Crippen molar-refractivity contribution < 1.29 is 9.18 Å². The van der Waals surface area contributed by atoms with E-state index in [0.717, 1.165) is 0 Å². The molecule has 0 bridgehead atoms. The van der Waals surface area contributed by atoms with Crippen molar-refractivity contribution in [3.05, 3.63) is 35.6 Å². The van der Waals surface area contributed by atoms with Crippen molar-refractivity contribution >= 4 is 5.91 Å². The molecule has 1 aliphatic rings. The van der Waals surface area contributed by atoms with Crippen molar-refractivity contribution in [2.75, 3.05) is 0 Å². The summed E-state index contributed by atoms with van der Waals surface area (Å²) in [6.07, 6.45) is 0. The maximum atomic E-state index is 13.7. The van der Waals surface area contributed by atoms with Crippen molar-refractivity contribution in [1.29, 1.82) is 0 Å². The fourth-order valence-corrected chi connectivity index (χ4v) is 2.31. The number of likely N-dealkylation sites (tertiary alicyclic amines) is 1. The summed E-state index contributed by atoms with van der Waals surface area (Å²) in [5.41, 5.74) is 5.94. The molecular weight excluding hydrogens is 219 g/mol. The molecule has 2 rings (SSSR count). The van der Waals surface area contributed by atoms with Gasteiger partial charge in [0.1, 0.15) is 11.9 Å². The number of rotatable bonds is 1. The number of carbonyl (C=O) groups is 1. The zero-order valence-corrected chi connectivity index (χ0v) is 10.3. The first-order chi connectivity index (χ1) is 7.84. The number of hydrogen-bond donors (Lipinski definition) is 1. The summed E-state index contributed by atoms with van der Waals surface area (Å²) < 4.78 is 13.7. The Bertz CT molecular complexity index is 453. The molecule has 1 aromatic carbocycles. The standard InChI is InChI=1S/C13H17FN2O/c1-13(2,3)16-11(10(15)12(16)17)8-6-4-5-7-9(8)14/h4-7,10-11H,15H2,1-3H3/t10-,11-/m1/s1. The Hall–Kier alpha value is -1.42. The van der Waals surface area contributed by atoms with Gasteiger partial charge in [-0.2, -0.15) is 0 Å². The van der Waals surface area contributed by atoms with E-state index in [-0.39, 0.29) is 23.3 Å². The average Bonchev–Trinajstić information content (AvgIpc) is 2.24. The molecule has 0 aromatic heterocycles. The van der Waals surface area contributed by atoms with Gasteiger partial charge in [-0.25, -0.2) is 4.39 Å². The summed E-state index contributed by atoms with van der Waals surface area (Å²) in [4.78, 5) is 13.4. The molecule has 3 nitrogen and oxygen atoms in total. The molecule has 1 aliphatic heterocycles. The predicted octanol–water partition coefficient (Wildman–Crippen LogP) is 1.83. The predicted molar refractivity (Wildman–Crippen MR) is 63.7 cm³/mol. The Kier molecular flexibility index (Phi) is 2.70. The fourth-order valence-electron chi connectivity index (χ4n) is 2.31. The summed E-state index contributed by atoms with van der Waals surface area (Å²) in [5, 5.41) is 0. The number of benzene rings is 1. The maximum Gasteiger partial charge on any atom is 0.243 e. The lowest BCUT2D eigenvalue weighted by Gasteiger charge is -2.52. The van der Waals surface area contributed by atoms with Crippen LogP contribution in [0.3, 0.4) is 0 Å². The third-order valence-corrected chi connectivity index (χ3v) is 3.09.